The standard InChI is InChI=1S/C11H25N3O3S.HI/c1-6-12-10(13-7-8-18(5,15)16)14-9-11(2,3)17-4;/h6-9H2,1-5H3,(H2,12,13,14);1H. The third kappa shape index (κ3) is 12.7. The van der Waals surface area contributed by atoms with Gasteiger partial charge in [-0.3, -0.25) is 4.99 Å². The second kappa shape index (κ2) is 9.76. The van der Waals surface area contributed by atoms with Crippen LogP contribution in [0.15, 0.2) is 4.99 Å². The predicted molar refractivity (Wildman–Crippen MR) is 90.2 cm³/mol. The Labute approximate surface area is 133 Å². The number of hydrogen-bond acceptors (Lipinski definition) is 4. The number of nitrogens with zero attached hydrogens (tertiary/aromatic N) is 1. The molecule has 8 heteroatoms. The van der Waals surface area contributed by atoms with Crippen LogP contribution < -0.4 is 10.6 Å². The molecule has 0 rings (SSSR count). The molecular formula is C11H26IN3O3S. The molecule has 0 bridgehead atoms. The van der Waals surface area contributed by atoms with Crippen molar-refractivity contribution < 1.29 is 13.2 Å². The van der Waals surface area contributed by atoms with Crippen LogP contribution in [0.3, 0.4) is 0 Å². The molecule has 19 heavy (non-hydrogen) atoms. The van der Waals surface area contributed by atoms with Crippen molar-refractivity contribution in [3.8, 4) is 0 Å². The first-order valence-corrected chi connectivity index (χ1v) is 8.01. The van der Waals surface area contributed by atoms with Crippen LogP contribution in [0.4, 0.5) is 0 Å². The molecule has 0 fully saturated rings. The highest BCUT2D eigenvalue weighted by atomic mass is 127. The SMILES string of the molecule is CCNC(=NCC(C)(C)OC)NCCS(C)(=O)=O.I. The van der Waals surface area contributed by atoms with Gasteiger partial charge < -0.3 is 15.4 Å². The minimum absolute atomic E-state index is 0. The van der Waals surface area contributed by atoms with Crippen molar-refractivity contribution >= 4 is 39.8 Å². The van der Waals surface area contributed by atoms with E-state index in [9.17, 15) is 8.42 Å². The van der Waals surface area contributed by atoms with E-state index in [1.165, 1.54) is 6.26 Å². The van der Waals surface area contributed by atoms with Crippen molar-refractivity contribution in [3.63, 3.8) is 0 Å². The quantitative estimate of drug-likeness (QED) is 0.368. The van der Waals surface area contributed by atoms with Crippen molar-refractivity contribution in [3.05, 3.63) is 0 Å². The van der Waals surface area contributed by atoms with Gasteiger partial charge in [-0.2, -0.15) is 0 Å². The summed E-state index contributed by atoms with van der Waals surface area (Å²) >= 11 is 0. The average Bonchev–Trinajstić information content (AvgIpc) is 2.24. The van der Waals surface area contributed by atoms with E-state index in [0.29, 0.717) is 19.0 Å². The zero-order chi connectivity index (χ0) is 14.2. The minimum Gasteiger partial charge on any atom is -0.377 e. The first kappa shape index (κ1) is 21.2. The maximum absolute atomic E-state index is 11.0. The molecule has 0 aliphatic heterocycles. The summed E-state index contributed by atoms with van der Waals surface area (Å²) < 4.78 is 27.3. The van der Waals surface area contributed by atoms with Gasteiger partial charge >= 0.3 is 0 Å². The summed E-state index contributed by atoms with van der Waals surface area (Å²) in [4.78, 5) is 4.35. The van der Waals surface area contributed by atoms with E-state index in [0.717, 1.165) is 6.54 Å². The molecule has 0 atom stereocenters. The molecule has 0 unspecified atom stereocenters. The molecule has 0 aliphatic rings. The molecule has 0 heterocycles. The van der Waals surface area contributed by atoms with Gasteiger partial charge in [-0.25, -0.2) is 8.42 Å². The number of halogens is 1. The normalized spacial score (nSPS) is 12.8. The van der Waals surface area contributed by atoms with Crippen molar-refractivity contribution in [2.24, 2.45) is 4.99 Å². The van der Waals surface area contributed by atoms with Crippen molar-refractivity contribution in [2.75, 3.05) is 38.8 Å². The number of hydrogen-bond donors (Lipinski definition) is 2. The number of aliphatic imine (C=N–C) groups is 1. The predicted octanol–water partition coefficient (Wildman–Crippen LogP) is 0.629. The maximum Gasteiger partial charge on any atom is 0.191 e. The summed E-state index contributed by atoms with van der Waals surface area (Å²) in [6.07, 6.45) is 1.22. The lowest BCUT2D eigenvalue weighted by Crippen LogP contribution is -2.41. The topological polar surface area (TPSA) is 79.8 Å². The molecule has 0 aliphatic carbocycles. The number of nitrogens with one attached hydrogen (secondary N) is 2. The van der Waals surface area contributed by atoms with E-state index < -0.39 is 9.84 Å². The Kier molecular flexibility index (Phi) is 10.9. The van der Waals surface area contributed by atoms with Crippen LogP contribution in [-0.4, -0.2) is 58.7 Å². The lowest BCUT2D eigenvalue weighted by molar-refractivity contribution is 0.0310. The summed E-state index contributed by atoms with van der Waals surface area (Å²) in [6.45, 7) is 7.40. The molecule has 6 nitrogen and oxygen atoms in total. The van der Waals surface area contributed by atoms with Gasteiger partial charge in [0.15, 0.2) is 5.96 Å². The van der Waals surface area contributed by atoms with Crippen molar-refractivity contribution in [1.29, 1.82) is 0 Å². The van der Waals surface area contributed by atoms with E-state index in [-0.39, 0.29) is 35.3 Å². The highest BCUT2D eigenvalue weighted by Gasteiger charge is 2.15. The fourth-order valence-corrected chi connectivity index (χ4v) is 1.50. The second-order valence-corrected chi connectivity index (χ2v) is 6.98. The summed E-state index contributed by atoms with van der Waals surface area (Å²) in [5.74, 6) is 0.691. The number of sulfone groups is 1. The molecule has 0 aromatic heterocycles. The molecule has 2 N–H and O–H groups in total. The Bertz CT molecular complexity index is 369. The van der Waals surface area contributed by atoms with Crippen LogP contribution in [0.1, 0.15) is 20.8 Å². The van der Waals surface area contributed by atoms with Crippen LogP contribution in [0.25, 0.3) is 0 Å². The Morgan fingerprint density at radius 1 is 1.32 bits per heavy atom. The molecule has 0 amide bonds. The maximum atomic E-state index is 11.0. The molecule has 0 saturated heterocycles. The van der Waals surface area contributed by atoms with Gasteiger partial charge in [0.2, 0.25) is 0 Å². The van der Waals surface area contributed by atoms with Gasteiger partial charge in [0.25, 0.3) is 0 Å². The highest BCUT2D eigenvalue weighted by molar-refractivity contribution is 14.0. The molecule has 0 aromatic carbocycles. The van der Waals surface area contributed by atoms with Gasteiger partial charge in [-0.05, 0) is 20.8 Å². The van der Waals surface area contributed by atoms with Crippen molar-refractivity contribution in [1.82, 2.24) is 10.6 Å². The third-order valence-corrected chi connectivity index (χ3v) is 3.23. The summed E-state index contributed by atoms with van der Waals surface area (Å²) in [7, 11) is -1.31. The molecule has 0 saturated carbocycles. The summed E-state index contributed by atoms with van der Waals surface area (Å²) in [6, 6.07) is 0. The zero-order valence-electron chi connectivity index (χ0n) is 12.3. The zero-order valence-corrected chi connectivity index (χ0v) is 15.5. The first-order valence-electron chi connectivity index (χ1n) is 5.95. The fourth-order valence-electron chi connectivity index (χ4n) is 1.03. The van der Waals surface area contributed by atoms with Crippen molar-refractivity contribution in [2.45, 2.75) is 26.4 Å². The molecule has 0 radical (unpaired) electrons. The fraction of sp³-hybridized carbons (Fsp3) is 0.909. The lowest BCUT2D eigenvalue weighted by Gasteiger charge is -2.21. The van der Waals surface area contributed by atoms with Gasteiger partial charge in [0, 0.05) is 26.5 Å². The van der Waals surface area contributed by atoms with Gasteiger partial charge in [-0.15, -0.1) is 24.0 Å². The Morgan fingerprint density at radius 3 is 2.32 bits per heavy atom. The average molecular weight is 407 g/mol. The minimum atomic E-state index is -2.95. The Balaban J connectivity index is 0. The van der Waals surface area contributed by atoms with Crippen LogP contribution in [0.5, 0.6) is 0 Å². The van der Waals surface area contributed by atoms with Crippen LogP contribution in [0.2, 0.25) is 0 Å². The van der Waals surface area contributed by atoms with Crippen LogP contribution in [0, 0.1) is 0 Å². The van der Waals surface area contributed by atoms with E-state index in [1.807, 2.05) is 20.8 Å². The van der Waals surface area contributed by atoms with E-state index in [2.05, 4.69) is 15.6 Å². The van der Waals surface area contributed by atoms with E-state index in [1.54, 1.807) is 7.11 Å². The Hall–Kier alpha value is -0.0900. The van der Waals surface area contributed by atoms with E-state index >= 15 is 0 Å². The van der Waals surface area contributed by atoms with Crippen LogP contribution in [-0.2, 0) is 14.6 Å². The number of rotatable bonds is 7. The lowest BCUT2D eigenvalue weighted by atomic mass is 10.1. The van der Waals surface area contributed by atoms with Gasteiger partial charge in [0.05, 0.1) is 17.9 Å². The first-order chi connectivity index (χ1) is 8.20. The highest BCUT2D eigenvalue weighted by Crippen LogP contribution is 2.06. The Morgan fingerprint density at radius 2 is 1.89 bits per heavy atom. The van der Waals surface area contributed by atoms with E-state index in [4.69, 9.17) is 4.74 Å². The third-order valence-electron chi connectivity index (χ3n) is 2.28. The van der Waals surface area contributed by atoms with Gasteiger partial charge in [0.1, 0.15) is 9.84 Å². The van der Waals surface area contributed by atoms with Gasteiger partial charge in [-0.1, -0.05) is 0 Å². The summed E-state index contributed by atoms with van der Waals surface area (Å²) in [5.41, 5.74) is -0.334. The smallest absolute Gasteiger partial charge is 0.191 e. The molecule has 0 aromatic rings. The second-order valence-electron chi connectivity index (χ2n) is 4.72. The molecular weight excluding hydrogens is 381 g/mol. The number of ether oxygens (including phenoxy) is 1. The monoisotopic (exact) mass is 407 g/mol. The number of methoxy groups -OCH3 is 1. The largest absolute Gasteiger partial charge is 0.377 e. The molecule has 0 spiro atoms. The molecule has 116 valence electrons. The van der Waals surface area contributed by atoms with Crippen LogP contribution >= 0.6 is 24.0 Å². The summed E-state index contributed by atoms with van der Waals surface area (Å²) in [5, 5.41) is 6.03. The number of guanidine groups is 1.